The Hall–Kier alpha value is -1.30. The molecule has 3 rings (SSSR count). The Bertz CT molecular complexity index is 701. The Morgan fingerprint density at radius 1 is 1.26 bits per heavy atom. The fraction of sp³-hybridized carbons (Fsp3) is 0.353. The highest BCUT2D eigenvalue weighted by atomic mass is 79.9. The minimum absolute atomic E-state index is 0. The number of halogens is 2. The van der Waals surface area contributed by atoms with Crippen LogP contribution in [0.3, 0.4) is 0 Å². The van der Waals surface area contributed by atoms with E-state index in [9.17, 15) is 4.79 Å². The molecule has 1 aliphatic rings. The van der Waals surface area contributed by atoms with E-state index in [0.29, 0.717) is 0 Å². The first-order valence-corrected chi connectivity index (χ1v) is 8.31. The van der Waals surface area contributed by atoms with E-state index in [2.05, 4.69) is 34.2 Å². The second-order valence-electron chi connectivity index (χ2n) is 5.69. The monoisotopic (exact) mass is 397 g/mol. The molecule has 0 aliphatic carbocycles. The molecule has 124 valence electrons. The zero-order chi connectivity index (χ0) is 15.7. The van der Waals surface area contributed by atoms with Crippen molar-refractivity contribution in [2.75, 3.05) is 19.6 Å². The van der Waals surface area contributed by atoms with Crippen LogP contribution in [-0.2, 0) is 7.05 Å². The molecular formula is C17H21BrClN3O. The number of nitrogens with one attached hydrogen (secondary N) is 1. The van der Waals surface area contributed by atoms with Crippen molar-refractivity contribution in [1.82, 2.24) is 14.8 Å². The highest BCUT2D eigenvalue weighted by Gasteiger charge is 2.26. The second kappa shape index (κ2) is 7.51. The van der Waals surface area contributed by atoms with Crippen LogP contribution in [0.15, 0.2) is 40.9 Å². The topological polar surface area (TPSA) is 37.3 Å². The van der Waals surface area contributed by atoms with Gasteiger partial charge in [-0.1, -0.05) is 34.1 Å². The van der Waals surface area contributed by atoms with Gasteiger partial charge in [-0.2, -0.15) is 0 Å². The summed E-state index contributed by atoms with van der Waals surface area (Å²) in [6.45, 7) is 4.56. The average Bonchev–Trinajstić information content (AvgIpc) is 2.89. The number of aromatic nitrogens is 1. The van der Waals surface area contributed by atoms with E-state index in [0.717, 1.165) is 41.1 Å². The lowest BCUT2D eigenvalue weighted by Gasteiger charge is -2.34. The van der Waals surface area contributed by atoms with Crippen molar-refractivity contribution in [2.45, 2.75) is 13.0 Å². The molecule has 4 nitrogen and oxygen atoms in total. The molecule has 2 aromatic rings. The Morgan fingerprint density at radius 3 is 2.70 bits per heavy atom. The second-order valence-corrected chi connectivity index (χ2v) is 6.55. The van der Waals surface area contributed by atoms with Crippen LogP contribution in [0.2, 0.25) is 0 Å². The number of benzene rings is 1. The molecule has 1 amide bonds. The minimum Gasteiger partial charge on any atom is -0.340 e. The standard InChI is InChI=1S/C17H20BrN3O.ClH/c1-12-11-19-9-10-21(12)17(22)16-8-7-15(20(16)2)13-5-3-4-6-14(13)18;/h3-8,12,19H,9-11H2,1-2H3;1H/t12-;/m1./s1. The van der Waals surface area contributed by atoms with Crippen LogP contribution in [-0.4, -0.2) is 41.1 Å². The summed E-state index contributed by atoms with van der Waals surface area (Å²) in [5.41, 5.74) is 2.87. The summed E-state index contributed by atoms with van der Waals surface area (Å²) in [4.78, 5) is 14.8. The zero-order valence-corrected chi connectivity index (χ0v) is 15.7. The molecule has 1 N–H and O–H groups in total. The molecule has 1 aliphatic heterocycles. The van der Waals surface area contributed by atoms with Gasteiger partial charge in [0.1, 0.15) is 5.69 Å². The summed E-state index contributed by atoms with van der Waals surface area (Å²) < 4.78 is 3.02. The van der Waals surface area contributed by atoms with Gasteiger partial charge >= 0.3 is 0 Å². The maximum atomic E-state index is 12.8. The number of rotatable bonds is 2. The first-order chi connectivity index (χ1) is 10.6. The fourth-order valence-electron chi connectivity index (χ4n) is 2.96. The van der Waals surface area contributed by atoms with Crippen LogP contribution < -0.4 is 5.32 Å². The molecule has 6 heteroatoms. The summed E-state index contributed by atoms with van der Waals surface area (Å²) in [6, 6.07) is 12.2. The lowest BCUT2D eigenvalue weighted by Crippen LogP contribution is -2.52. The van der Waals surface area contributed by atoms with Crippen LogP contribution in [0.4, 0.5) is 0 Å². The molecule has 0 bridgehead atoms. The van der Waals surface area contributed by atoms with Gasteiger partial charge in [0.05, 0.1) is 0 Å². The molecule has 1 atom stereocenters. The van der Waals surface area contributed by atoms with Gasteiger partial charge < -0.3 is 14.8 Å². The zero-order valence-electron chi connectivity index (χ0n) is 13.3. The molecule has 0 unspecified atom stereocenters. The van der Waals surface area contributed by atoms with E-state index in [1.54, 1.807) is 0 Å². The third-order valence-electron chi connectivity index (χ3n) is 4.25. The number of piperazine rings is 1. The largest absolute Gasteiger partial charge is 0.340 e. The van der Waals surface area contributed by atoms with Crippen molar-refractivity contribution in [2.24, 2.45) is 7.05 Å². The van der Waals surface area contributed by atoms with Crippen molar-refractivity contribution >= 4 is 34.2 Å². The number of amides is 1. The highest BCUT2D eigenvalue weighted by molar-refractivity contribution is 9.10. The third kappa shape index (κ3) is 3.47. The Kier molecular flexibility index (Phi) is 5.89. The summed E-state index contributed by atoms with van der Waals surface area (Å²) in [5, 5.41) is 3.32. The van der Waals surface area contributed by atoms with Crippen molar-refractivity contribution in [3.05, 3.63) is 46.6 Å². The van der Waals surface area contributed by atoms with Crippen LogP contribution in [0.1, 0.15) is 17.4 Å². The van der Waals surface area contributed by atoms with E-state index in [1.807, 2.05) is 46.8 Å². The molecule has 0 saturated carbocycles. The Morgan fingerprint density at radius 2 is 2.00 bits per heavy atom. The molecule has 23 heavy (non-hydrogen) atoms. The number of hydrogen-bond acceptors (Lipinski definition) is 2. The van der Waals surface area contributed by atoms with Crippen molar-refractivity contribution in [1.29, 1.82) is 0 Å². The van der Waals surface area contributed by atoms with Gasteiger partial charge in [-0.15, -0.1) is 12.4 Å². The molecule has 0 spiro atoms. The fourth-order valence-corrected chi connectivity index (χ4v) is 3.44. The Labute approximate surface area is 151 Å². The smallest absolute Gasteiger partial charge is 0.270 e. The maximum absolute atomic E-state index is 12.8. The van der Waals surface area contributed by atoms with Gasteiger partial charge in [0.2, 0.25) is 0 Å². The number of nitrogens with zero attached hydrogens (tertiary/aromatic N) is 2. The molecule has 1 fully saturated rings. The van der Waals surface area contributed by atoms with Crippen molar-refractivity contribution in [3.8, 4) is 11.3 Å². The molecule has 2 heterocycles. The molecular weight excluding hydrogens is 378 g/mol. The van der Waals surface area contributed by atoms with Gasteiger partial charge in [0, 0.05) is 48.5 Å². The van der Waals surface area contributed by atoms with Crippen molar-refractivity contribution in [3.63, 3.8) is 0 Å². The maximum Gasteiger partial charge on any atom is 0.270 e. The van der Waals surface area contributed by atoms with E-state index in [4.69, 9.17) is 0 Å². The number of hydrogen-bond donors (Lipinski definition) is 1. The molecule has 1 aromatic heterocycles. The van der Waals surface area contributed by atoms with Gasteiger partial charge in [-0.25, -0.2) is 0 Å². The predicted octanol–water partition coefficient (Wildman–Crippen LogP) is 3.31. The van der Waals surface area contributed by atoms with Gasteiger partial charge in [-0.05, 0) is 25.1 Å². The number of carbonyl (C=O) groups excluding carboxylic acids is 1. The van der Waals surface area contributed by atoms with E-state index in [1.165, 1.54) is 0 Å². The normalized spacial score (nSPS) is 17.7. The van der Waals surface area contributed by atoms with Crippen molar-refractivity contribution < 1.29 is 4.79 Å². The van der Waals surface area contributed by atoms with Crippen LogP contribution >= 0.6 is 28.3 Å². The number of carbonyl (C=O) groups is 1. The Balaban J connectivity index is 0.00000192. The van der Waals surface area contributed by atoms with Gasteiger partial charge in [0.15, 0.2) is 0 Å². The van der Waals surface area contributed by atoms with E-state index < -0.39 is 0 Å². The third-order valence-corrected chi connectivity index (χ3v) is 4.94. The summed E-state index contributed by atoms with van der Waals surface area (Å²) in [6.07, 6.45) is 0. The highest BCUT2D eigenvalue weighted by Crippen LogP contribution is 2.29. The molecule has 1 saturated heterocycles. The first kappa shape index (κ1) is 18.0. The summed E-state index contributed by atoms with van der Waals surface area (Å²) in [7, 11) is 1.95. The van der Waals surface area contributed by atoms with E-state index in [-0.39, 0.29) is 24.4 Å². The summed E-state index contributed by atoms with van der Waals surface area (Å²) >= 11 is 3.58. The summed E-state index contributed by atoms with van der Waals surface area (Å²) in [5.74, 6) is 0.106. The van der Waals surface area contributed by atoms with Crippen LogP contribution in [0.5, 0.6) is 0 Å². The van der Waals surface area contributed by atoms with E-state index >= 15 is 0 Å². The average molecular weight is 399 g/mol. The van der Waals surface area contributed by atoms with Gasteiger partial charge in [-0.3, -0.25) is 4.79 Å². The lowest BCUT2D eigenvalue weighted by molar-refractivity contribution is 0.0646. The first-order valence-electron chi connectivity index (χ1n) is 7.52. The molecule has 0 radical (unpaired) electrons. The minimum atomic E-state index is 0. The van der Waals surface area contributed by atoms with Crippen LogP contribution in [0, 0.1) is 0 Å². The lowest BCUT2D eigenvalue weighted by atomic mass is 10.1. The quantitative estimate of drug-likeness (QED) is 0.843. The predicted molar refractivity (Wildman–Crippen MR) is 99.2 cm³/mol. The molecule has 1 aromatic carbocycles. The SMILES string of the molecule is C[C@@H]1CNCCN1C(=O)c1ccc(-c2ccccc2Br)n1C.Cl. The van der Waals surface area contributed by atoms with Crippen LogP contribution in [0.25, 0.3) is 11.3 Å². The van der Waals surface area contributed by atoms with Gasteiger partial charge in [0.25, 0.3) is 5.91 Å².